The van der Waals surface area contributed by atoms with Crippen molar-refractivity contribution in [2.45, 2.75) is 31.7 Å². The summed E-state index contributed by atoms with van der Waals surface area (Å²) in [6.07, 6.45) is 0. The summed E-state index contributed by atoms with van der Waals surface area (Å²) in [5, 5.41) is 0.579. The minimum Gasteiger partial charge on any atom is -0.274 e. The first-order valence-corrected chi connectivity index (χ1v) is 6.30. The summed E-state index contributed by atoms with van der Waals surface area (Å²) in [7, 11) is -1.65. The molecular formula is C10H13ClN2O2S. The van der Waals surface area contributed by atoms with Gasteiger partial charge in [0.15, 0.2) is 16.0 Å². The van der Waals surface area contributed by atoms with Crippen molar-refractivity contribution >= 4 is 28.5 Å². The molecule has 4 nitrogen and oxygen atoms in total. The number of hydrogen-bond acceptors (Lipinski definition) is 3. The third-order valence-corrected chi connectivity index (χ3v) is 3.25. The first kappa shape index (κ1) is 13.1. The molecule has 1 unspecified atom stereocenters. The van der Waals surface area contributed by atoms with Crippen molar-refractivity contribution in [3.63, 3.8) is 0 Å². The third-order valence-electron chi connectivity index (χ3n) is 1.89. The van der Waals surface area contributed by atoms with Gasteiger partial charge in [0.1, 0.15) is 5.15 Å². The Kier molecular flexibility index (Phi) is 4.44. The van der Waals surface area contributed by atoms with E-state index in [0.717, 1.165) is 5.56 Å². The molecule has 0 fully saturated rings. The highest BCUT2D eigenvalue weighted by Gasteiger charge is 2.15. The van der Waals surface area contributed by atoms with Crippen LogP contribution in [-0.4, -0.2) is 15.1 Å². The minimum atomic E-state index is -1.65. The van der Waals surface area contributed by atoms with E-state index < -0.39 is 11.0 Å². The third kappa shape index (κ3) is 3.28. The van der Waals surface area contributed by atoms with E-state index in [9.17, 15) is 9.00 Å². The molecule has 0 aliphatic carbocycles. The zero-order valence-electron chi connectivity index (χ0n) is 9.28. The monoisotopic (exact) mass is 260 g/mol. The maximum absolute atomic E-state index is 11.8. The number of carbonyl (C=O) groups is 1. The van der Waals surface area contributed by atoms with Gasteiger partial charge in [-0.2, -0.15) is 0 Å². The van der Waals surface area contributed by atoms with Crippen LogP contribution in [-0.2, 0) is 15.8 Å². The van der Waals surface area contributed by atoms with Crippen LogP contribution >= 0.6 is 11.6 Å². The van der Waals surface area contributed by atoms with Crippen LogP contribution in [0.1, 0.15) is 32.3 Å². The molecule has 1 atom stereocenters. The second kappa shape index (κ2) is 5.41. The molecule has 1 aromatic heterocycles. The number of rotatable bonds is 3. The number of nitrogens with one attached hydrogen (secondary N) is 1. The van der Waals surface area contributed by atoms with Gasteiger partial charge in [-0.05, 0) is 17.5 Å². The van der Waals surface area contributed by atoms with Crippen LogP contribution in [0.2, 0.25) is 5.15 Å². The lowest BCUT2D eigenvalue weighted by Crippen LogP contribution is -2.24. The molecule has 1 N–H and O–H groups in total. The fourth-order valence-corrected chi connectivity index (χ4v) is 2.45. The average Bonchev–Trinajstić information content (AvgIpc) is 2.15. The molecule has 0 saturated heterocycles. The Morgan fingerprint density at radius 3 is 2.62 bits per heavy atom. The molecule has 0 aromatic carbocycles. The summed E-state index contributed by atoms with van der Waals surface area (Å²) in [5.41, 5.74) is 0.816. The molecule has 16 heavy (non-hydrogen) atoms. The summed E-state index contributed by atoms with van der Waals surface area (Å²) in [6.45, 7) is 5.22. The molecule has 1 aromatic rings. The van der Waals surface area contributed by atoms with Crippen LogP contribution in [0.4, 0.5) is 0 Å². The lowest BCUT2D eigenvalue weighted by Gasteiger charge is -2.11. The van der Waals surface area contributed by atoms with E-state index in [4.69, 9.17) is 11.6 Å². The van der Waals surface area contributed by atoms with Gasteiger partial charge in [0.05, 0.1) is 0 Å². The van der Waals surface area contributed by atoms with Gasteiger partial charge in [-0.25, -0.2) is 9.19 Å². The molecule has 0 aliphatic rings. The predicted octanol–water partition coefficient (Wildman–Crippen LogP) is 2.02. The first-order chi connectivity index (χ1) is 7.41. The molecule has 0 radical (unpaired) electrons. The van der Waals surface area contributed by atoms with Crippen molar-refractivity contribution in [1.82, 2.24) is 9.71 Å². The Balaban J connectivity index is 3.14. The molecule has 1 amide bonds. The highest BCUT2D eigenvalue weighted by molar-refractivity contribution is 7.83. The fraction of sp³-hybridized carbons (Fsp3) is 0.400. The van der Waals surface area contributed by atoms with Gasteiger partial charge >= 0.3 is 0 Å². The van der Waals surface area contributed by atoms with Crippen LogP contribution < -0.4 is 4.72 Å². The molecule has 6 heteroatoms. The van der Waals surface area contributed by atoms with E-state index in [-0.39, 0.29) is 17.0 Å². The zero-order chi connectivity index (χ0) is 12.3. The lowest BCUT2D eigenvalue weighted by atomic mass is 10.1. The van der Waals surface area contributed by atoms with Crippen molar-refractivity contribution in [2.24, 2.45) is 0 Å². The number of carbonyl (C=O) groups excluding carboxylic acids is 1. The Morgan fingerprint density at radius 2 is 2.12 bits per heavy atom. The number of amides is 1. The second-order valence-corrected chi connectivity index (χ2v) is 5.13. The summed E-state index contributed by atoms with van der Waals surface area (Å²) in [6, 6.07) is 3.42. The highest BCUT2D eigenvalue weighted by Crippen LogP contribution is 2.22. The molecule has 0 spiro atoms. The summed E-state index contributed by atoms with van der Waals surface area (Å²) in [5.74, 6) is -0.202. The van der Waals surface area contributed by atoms with Crippen molar-refractivity contribution in [3.05, 3.63) is 22.8 Å². The second-order valence-electron chi connectivity index (χ2n) is 3.61. The van der Waals surface area contributed by atoms with E-state index in [1.165, 1.54) is 6.92 Å². The molecule has 1 rings (SSSR count). The van der Waals surface area contributed by atoms with Crippen LogP contribution in [0.5, 0.6) is 0 Å². The molecule has 0 aliphatic heterocycles. The summed E-state index contributed by atoms with van der Waals surface area (Å²) >= 11 is 5.74. The highest BCUT2D eigenvalue weighted by atomic mass is 35.5. The van der Waals surface area contributed by atoms with Gasteiger partial charge in [0.25, 0.3) is 0 Å². The van der Waals surface area contributed by atoms with Gasteiger partial charge in [-0.15, -0.1) is 0 Å². The number of pyridine rings is 1. The normalized spacial score (nSPS) is 12.6. The molecule has 88 valence electrons. The minimum absolute atomic E-state index is 0.164. The van der Waals surface area contributed by atoms with Crippen LogP contribution in [0.15, 0.2) is 17.2 Å². The fourth-order valence-electron chi connectivity index (χ4n) is 1.20. The number of hydrogen-bond donors (Lipinski definition) is 1. The SMILES string of the molecule is CC(=O)NS(=O)c1nc(Cl)ccc1C(C)C. The smallest absolute Gasteiger partial charge is 0.228 e. The Morgan fingerprint density at radius 1 is 1.50 bits per heavy atom. The van der Waals surface area contributed by atoms with E-state index >= 15 is 0 Å². The first-order valence-electron chi connectivity index (χ1n) is 4.77. The van der Waals surface area contributed by atoms with Crippen molar-refractivity contribution < 1.29 is 9.00 Å². The van der Waals surface area contributed by atoms with Gasteiger partial charge < -0.3 is 0 Å². The van der Waals surface area contributed by atoms with Crippen molar-refractivity contribution in [2.75, 3.05) is 0 Å². The van der Waals surface area contributed by atoms with E-state index in [0.29, 0.717) is 5.03 Å². The zero-order valence-corrected chi connectivity index (χ0v) is 10.9. The molecule has 0 saturated carbocycles. The Labute approximate surface area is 102 Å². The predicted molar refractivity (Wildman–Crippen MR) is 63.6 cm³/mol. The van der Waals surface area contributed by atoms with E-state index in [1.54, 1.807) is 12.1 Å². The van der Waals surface area contributed by atoms with E-state index in [2.05, 4.69) is 9.71 Å². The largest absolute Gasteiger partial charge is 0.274 e. The van der Waals surface area contributed by atoms with Gasteiger partial charge in [0, 0.05) is 6.92 Å². The van der Waals surface area contributed by atoms with Crippen molar-refractivity contribution in [1.29, 1.82) is 0 Å². The summed E-state index contributed by atoms with van der Waals surface area (Å²) in [4.78, 5) is 14.8. The van der Waals surface area contributed by atoms with Crippen LogP contribution in [0.25, 0.3) is 0 Å². The maximum Gasteiger partial charge on any atom is 0.228 e. The topological polar surface area (TPSA) is 59.1 Å². The quantitative estimate of drug-likeness (QED) is 0.846. The Hall–Kier alpha value is -0.940. The Bertz CT molecular complexity index is 435. The van der Waals surface area contributed by atoms with Crippen LogP contribution in [0, 0.1) is 0 Å². The van der Waals surface area contributed by atoms with E-state index in [1.807, 2.05) is 13.8 Å². The van der Waals surface area contributed by atoms with Gasteiger partial charge in [0.2, 0.25) is 5.91 Å². The van der Waals surface area contributed by atoms with Gasteiger partial charge in [-0.3, -0.25) is 9.52 Å². The number of nitrogens with zero attached hydrogens (tertiary/aromatic N) is 1. The number of halogens is 1. The lowest BCUT2D eigenvalue weighted by molar-refractivity contribution is -0.117. The number of aromatic nitrogens is 1. The molecular weight excluding hydrogens is 248 g/mol. The molecule has 0 bridgehead atoms. The summed E-state index contributed by atoms with van der Waals surface area (Å²) < 4.78 is 14.1. The maximum atomic E-state index is 11.8. The standard InChI is InChI=1S/C10H13ClN2O2S/c1-6(2)8-4-5-9(11)12-10(8)16(15)13-7(3)14/h4-6H,1-3H3,(H,13,14). The van der Waals surface area contributed by atoms with Gasteiger partial charge in [-0.1, -0.05) is 31.5 Å². The molecule has 1 heterocycles. The average molecular weight is 261 g/mol. The van der Waals surface area contributed by atoms with Crippen LogP contribution in [0.3, 0.4) is 0 Å². The van der Waals surface area contributed by atoms with Crippen molar-refractivity contribution in [3.8, 4) is 0 Å².